The Morgan fingerprint density at radius 1 is 1.00 bits per heavy atom. The van der Waals surface area contributed by atoms with Gasteiger partial charge in [0.25, 0.3) is 6.04 Å². The zero-order valence-corrected chi connectivity index (χ0v) is 9.67. The molecule has 4 heteroatoms. The van der Waals surface area contributed by atoms with E-state index in [9.17, 15) is 10.1 Å². The van der Waals surface area contributed by atoms with Gasteiger partial charge in [-0.3, -0.25) is 10.1 Å². The van der Waals surface area contributed by atoms with Crippen LogP contribution < -0.4 is 0 Å². The van der Waals surface area contributed by atoms with Crippen LogP contribution in [-0.4, -0.2) is 4.92 Å². The summed E-state index contributed by atoms with van der Waals surface area (Å²) < 4.78 is 0. The lowest BCUT2D eigenvalue weighted by molar-refractivity contribution is -0.517. The highest BCUT2D eigenvalue weighted by atomic mass is 35.5. The Labute approximate surface area is 104 Å². The maximum Gasteiger partial charge on any atom is 0.264 e. The third kappa shape index (κ3) is 2.45. The number of hydrogen-bond donors (Lipinski definition) is 0. The number of hydrogen-bond acceptors (Lipinski definition) is 2. The highest BCUT2D eigenvalue weighted by Gasteiger charge is 2.26. The molecule has 0 saturated heterocycles. The molecular weight excluding hydrogens is 238 g/mol. The Hall–Kier alpha value is -1.87. The first-order chi connectivity index (χ1) is 8.20. The van der Waals surface area contributed by atoms with E-state index >= 15 is 0 Å². The lowest BCUT2D eigenvalue weighted by Crippen LogP contribution is -2.12. The van der Waals surface area contributed by atoms with Gasteiger partial charge in [0.15, 0.2) is 0 Å². The van der Waals surface area contributed by atoms with Crippen LogP contribution in [0, 0.1) is 10.1 Å². The average Bonchev–Trinajstić information content (AvgIpc) is 2.33. The summed E-state index contributed by atoms with van der Waals surface area (Å²) in [7, 11) is 0. The van der Waals surface area contributed by atoms with Gasteiger partial charge in [0.1, 0.15) is 0 Å². The van der Waals surface area contributed by atoms with Crippen molar-refractivity contribution in [3.8, 4) is 0 Å². The SMILES string of the molecule is O=[N+]([O-])C(c1ccccc1)c1ccccc1Cl. The van der Waals surface area contributed by atoms with Gasteiger partial charge in [0, 0.05) is 16.1 Å². The Morgan fingerprint density at radius 2 is 1.59 bits per heavy atom. The number of nitro groups is 1. The first-order valence-electron chi connectivity index (χ1n) is 5.13. The van der Waals surface area contributed by atoms with E-state index in [0.717, 1.165) is 0 Å². The van der Waals surface area contributed by atoms with Crippen LogP contribution in [0.4, 0.5) is 0 Å². The fraction of sp³-hybridized carbons (Fsp3) is 0.0769. The van der Waals surface area contributed by atoms with Gasteiger partial charge in [0.05, 0.1) is 5.02 Å². The maximum absolute atomic E-state index is 11.2. The second-order valence-corrected chi connectivity index (χ2v) is 4.03. The molecule has 0 N–H and O–H groups in total. The predicted molar refractivity (Wildman–Crippen MR) is 66.7 cm³/mol. The van der Waals surface area contributed by atoms with Crippen LogP contribution in [0.25, 0.3) is 0 Å². The normalized spacial score (nSPS) is 12.1. The number of nitrogens with zero attached hydrogens (tertiary/aromatic N) is 1. The molecule has 86 valence electrons. The third-order valence-corrected chi connectivity index (χ3v) is 2.87. The summed E-state index contributed by atoms with van der Waals surface area (Å²) >= 11 is 6.01. The first-order valence-corrected chi connectivity index (χ1v) is 5.51. The molecule has 0 bridgehead atoms. The molecule has 0 heterocycles. The lowest BCUT2D eigenvalue weighted by Gasteiger charge is -2.11. The minimum absolute atomic E-state index is 0.323. The van der Waals surface area contributed by atoms with E-state index in [1.807, 2.05) is 6.07 Å². The van der Waals surface area contributed by atoms with Gasteiger partial charge in [0.2, 0.25) is 0 Å². The van der Waals surface area contributed by atoms with Crippen LogP contribution in [0.5, 0.6) is 0 Å². The van der Waals surface area contributed by atoms with Crippen LogP contribution in [0.3, 0.4) is 0 Å². The van der Waals surface area contributed by atoms with Crippen LogP contribution in [0.2, 0.25) is 5.02 Å². The summed E-state index contributed by atoms with van der Waals surface area (Å²) in [5.41, 5.74) is 1.15. The van der Waals surface area contributed by atoms with E-state index in [1.165, 1.54) is 0 Å². The molecule has 0 aliphatic rings. The summed E-state index contributed by atoms with van der Waals surface area (Å²) in [6.45, 7) is 0. The Morgan fingerprint density at radius 3 is 2.18 bits per heavy atom. The first kappa shape index (κ1) is 11.6. The Balaban J connectivity index is 2.51. The van der Waals surface area contributed by atoms with Gasteiger partial charge < -0.3 is 0 Å². The monoisotopic (exact) mass is 247 g/mol. The van der Waals surface area contributed by atoms with Crippen molar-refractivity contribution >= 4 is 11.6 Å². The molecule has 0 fully saturated rings. The molecule has 0 aliphatic heterocycles. The molecule has 17 heavy (non-hydrogen) atoms. The third-order valence-electron chi connectivity index (χ3n) is 2.53. The summed E-state index contributed by atoms with van der Waals surface area (Å²) in [5, 5.41) is 11.6. The van der Waals surface area contributed by atoms with E-state index in [4.69, 9.17) is 11.6 Å². The fourth-order valence-electron chi connectivity index (χ4n) is 1.75. The largest absolute Gasteiger partial charge is 0.264 e. The zero-order chi connectivity index (χ0) is 12.3. The van der Waals surface area contributed by atoms with E-state index in [0.29, 0.717) is 16.1 Å². The van der Waals surface area contributed by atoms with Crippen molar-refractivity contribution in [3.05, 3.63) is 80.9 Å². The predicted octanol–water partition coefficient (Wildman–Crippen LogP) is 3.71. The van der Waals surface area contributed by atoms with E-state index in [-0.39, 0.29) is 4.92 Å². The standard InChI is InChI=1S/C13H10ClNO2/c14-12-9-5-4-8-11(12)13(15(16)17)10-6-2-1-3-7-10/h1-9,13H. The molecule has 0 saturated carbocycles. The molecule has 1 atom stereocenters. The van der Waals surface area contributed by atoms with Crippen LogP contribution in [-0.2, 0) is 0 Å². The smallest absolute Gasteiger partial charge is 0.264 e. The molecule has 2 aromatic carbocycles. The lowest BCUT2D eigenvalue weighted by atomic mass is 9.99. The van der Waals surface area contributed by atoms with Gasteiger partial charge in [-0.15, -0.1) is 0 Å². The van der Waals surface area contributed by atoms with E-state index in [2.05, 4.69) is 0 Å². The zero-order valence-electron chi connectivity index (χ0n) is 8.92. The highest BCUT2D eigenvalue weighted by Crippen LogP contribution is 2.30. The van der Waals surface area contributed by atoms with E-state index < -0.39 is 6.04 Å². The summed E-state index contributed by atoms with van der Waals surface area (Å²) in [4.78, 5) is 10.9. The van der Waals surface area contributed by atoms with Crippen LogP contribution >= 0.6 is 11.6 Å². The molecule has 3 nitrogen and oxygen atoms in total. The topological polar surface area (TPSA) is 43.1 Å². The molecule has 0 amide bonds. The van der Waals surface area contributed by atoms with Crippen molar-refractivity contribution in [3.63, 3.8) is 0 Å². The second-order valence-electron chi connectivity index (χ2n) is 3.62. The minimum Gasteiger partial charge on any atom is -0.264 e. The number of halogens is 1. The molecule has 1 unspecified atom stereocenters. The van der Waals surface area contributed by atoms with Crippen molar-refractivity contribution < 1.29 is 4.92 Å². The number of rotatable bonds is 3. The fourth-order valence-corrected chi connectivity index (χ4v) is 1.99. The molecule has 0 aromatic heterocycles. The molecule has 2 rings (SSSR count). The molecule has 0 spiro atoms. The van der Waals surface area contributed by atoms with Crippen molar-refractivity contribution in [2.24, 2.45) is 0 Å². The van der Waals surface area contributed by atoms with Gasteiger partial charge in [-0.25, -0.2) is 0 Å². The van der Waals surface area contributed by atoms with Crippen molar-refractivity contribution in [2.45, 2.75) is 6.04 Å². The Kier molecular flexibility index (Phi) is 3.40. The van der Waals surface area contributed by atoms with Crippen LogP contribution in [0.15, 0.2) is 54.6 Å². The quantitative estimate of drug-likeness (QED) is 0.613. The van der Waals surface area contributed by atoms with Gasteiger partial charge in [-0.2, -0.15) is 0 Å². The van der Waals surface area contributed by atoms with Gasteiger partial charge in [-0.05, 0) is 6.07 Å². The average molecular weight is 248 g/mol. The molecule has 0 radical (unpaired) electrons. The maximum atomic E-state index is 11.2. The van der Waals surface area contributed by atoms with Gasteiger partial charge >= 0.3 is 0 Å². The highest BCUT2D eigenvalue weighted by molar-refractivity contribution is 6.31. The van der Waals surface area contributed by atoms with Crippen molar-refractivity contribution in [1.82, 2.24) is 0 Å². The summed E-state index contributed by atoms with van der Waals surface area (Å²) in [6.07, 6.45) is 0. The number of benzene rings is 2. The second kappa shape index (κ2) is 4.97. The van der Waals surface area contributed by atoms with Crippen LogP contribution in [0.1, 0.15) is 17.2 Å². The molecular formula is C13H10ClNO2. The summed E-state index contributed by atoms with van der Waals surface area (Å²) in [6, 6.07) is 14.8. The van der Waals surface area contributed by atoms with Crippen molar-refractivity contribution in [1.29, 1.82) is 0 Å². The Bertz CT molecular complexity index is 528. The molecule has 2 aromatic rings. The minimum atomic E-state index is -0.912. The van der Waals surface area contributed by atoms with E-state index in [1.54, 1.807) is 48.5 Å². The van der Waals surface area contributed by atoms with Crippen molar-refractivity contribution in [2.75, 3.05) is 0 Å². The van der Waals surface area contributed by atoms with Gasteiger partial charge in [-0.1, -0.05) is 60.1 Å². The molecule has 0 aliphatic carbocycles. The summed E-state index contributed by atoms with van der Waals surface area (Å²) in [5.74, 6) is 0.